The van der Waals surface area contributed by atoms with Gasteiger partial charge in [-0.2, -0.15) is 0 Å². The van der Waals surface area contributed by atoms with E-state index in [2.05, 4.69) is 13.9 Å². The molecule has 2 aromatic carbocycles. The third-order valence-corrected chi connectivity index (χ3v) is 2.90. The van der Waals surface area contributed by atoms with E-state index >= 15 is 0 Å². The van der Waals surface area contributed by atoms with Crippen molar-refractivity contribution in [2.45, 2.75) is 6.42 Å². The summed E-state index contributed by atoms with van der Waals surface area (Å²) in [6.07, 6.45) is 0.792. The molecule has 0 fully saturated rings. The van der Waals surface area contributed by atoms with Crippen LogP contribution >= 0.6 is 11.6 Å². The normalized spacial score (nSPS) is 10.3. The van der Waals surface area contributed by atoms with E-state index in [0.717, 1.165) is 22.6 Å². The fourth-order valence-corrected chi connectivity index (χ4v) is 1.86. The first-order chi connectivity index (χ1) is 7.65. The van der Waals surface area contributed by atoms with Crippen molar-refractivity contribution in [2.24, 2.45) is 0 Å². The number of halogens is 1. The molecule has 2 rings (SSSR count). The van der Waals surface area contributed by atoms with Crippen LogP contribution in [0.25, 0.3) is 0 Å². The molecule has 0 saturated heterocycles. The highest BCUT2D eigenvalue weighted by atomic mass is 35.5. The molecule has 0 atom stereocenters. The Kier molecular flexibility index (Phi) is 3.21. The molecule has 0 aliphatic heterocycles. The molecule has 0 saturated carbocycles. The summed E-state index contributed by atoms with van der Waals surface area (Å²) in [6.45, 7) is 0. The SMILES string of the molecule is Bc1ccc(Cl)c(Cc2ccc(O)cc2)c1. The smallest absolute Gasteiger partial charge is 0.139 e. The molecule has 0 aromatic heterocycles. The minimum Gasteiger partial charge on any atom is -0.508 e. The number of benzene rings is 2. The van der Waals surface area contributed by atoms with Gasteiger partial charge >= 0.3 is 0 Å². The Morgan fingerprint density at radius 3 is 2.44 bits per heavy atom. The van der Waals surface area contributed by atoms with Crippen LogP contribution in [0.1, 0.15) is 11.1 Å². The molecule has 16 heavy (non-hydrogen) atoms. The van der Waals surface area contributed by atoms with Crippen molar-refractivity contribution in [1.82, 2.24) is 0 Å². The summed E-state index contributed by atoms with van der Waals surface area (Å²) >= 11 is 6.13. The van der Waals surface area contributed by atoms with E-state index in [4.69, 9.17) is 11.6 Å². The molecular weight excluding hydrogens is 218 g/mol. The molecule has 0 radical (unpaired) electrons. The number of hydrogen-bond acceptors (Lipinski definition) is 1. The summed E-state index contributed by atoms with van der Waals surface area (Å²) in [5, 5.41) is 9.99. The van der Waals surface area contributed by atoms with Crippen LogP contribution < -0.4 is 5.46 Å². The lowest BCUT2D eigenvalue weighted by molar-refractivity contribution is 0.475. The Hall–Kier alpha value is -1.41. The van der Waals surface area contributed by atoms with Gasteiger partial charge in [0.05, 0.1) is 0 Å². The first-order valence-electron chi connectivity index (χ1n) is 5.18. The van der Waals surface area contributed by atoms with Crippen molar-refractivity contribution in [3.05, 3.63) is 58.6 Å². The molecule has 0 amide bonds. The van der Waals surface area contributed by atoms with E-state index in [1.165, 1.54) is 5.46 Å². The number of phenolic OH excluding ortho intramolecular Hbond substituents is 1. The van der Waals surface area contributed by atoms with Gasteiger partial charge in [0.15, 0.2) is 0 Å². The van der Waals surface area contributed by atoms with Crippen LogP contribution in [0.2, 0.25) is 5.02 Å². The molecule has 3 heteroatoms. The zero-order valence-electron chi connectivity index (χ0n) is 9.07. The second-order valence-electron chi connectivity index (χ2n) is 3.94. The Labute approximate surface area is 101 Å². The molecule has 0 heterocycles. The highest BCUT2D eigenvalue weighted by molar-refractivity contribution is 6.34. The minimum atomic E-state index is 0.291. The number of phenols is 1. The number of rotatable bonds is 2. The average molecular weight is 231 g/mol. The summed E-state index contributed by atoms with van der Waals surface area (Å²) < 4.78 is 0. The number of aromatic hydroxyl groups is 1. The highest BCUT2D eigenvalue weighted by Gasteiger charge is 2.02. The fourth-order valence-electron chi connectivity index (χ4n) is 1.67. The van der Waals surface area contributed by atoms with Crippen molar-refractivity contribution >= 4 is 24.9 Å². The summed E-state index contributed by atoms with van der Waals surface area (Å²) in [4.78, 5) is 0. The quantitative estimate of drug-likeness (QED) is 0.781. The zero-order valence-corrected chi connectivity index (χ0v) is 9.83. The third kappa shape index (κ3) is 2.58. The molecule has 0 unspecified atom stereocenters. The molecule has 80 valence electrons. The Morgan fingerprint density at radius 1 is 1.06 bits per heavy atom. The summed E-state index contributed by atoms with van der Waals surface area (Å²) in [6, 6.07) is 13.2. The molecule has 0 spiro atoms. The van der Waals surface area contributed by atoms with Crippen molar-refractivity contribution in [1.29, 1.82) is 0 Å². The molecular formula is C13H12BClO. The Bertz CT molecular complexity index is 494. The van der Waals surface area contributed by atoms with Crippen LogP contribution in [0.3, 0.4) is 0 Å². The zero-order chi connectivity index (χ0) is 11.5. The van der Waals surface area contributed by atoms with Crippen LogP contribution in [0.15, 0.2) is 42.5 Å². The molecule has 0 bridgehead atoms. The first kappa shape index (κ1) is 11.1. The van der Waals surface area contributed by atoms with Gasteiger partial charge in [0.1, 0.15) is 13.6 Å². The predicted octanol–water partition coefficient (Wildman–Crippen LogP) is 1.89. The number of hydrogen-bond donors (Lipinski definition) is 1. The minimum absolute atomic E-state index is 0.291. The second kappa shape index (κ2) is 4.62. The molecule has 2 aromatic rings. The second-order valence-corrected chi connectivity index (χ2v) is 4.35. The van der Waals surface area contributed by atoms with E-state index in [0.29, 0.717) is 5.75 Å². The summed E-state index contributed by atoms with van der Waals surface area (Å²) in [5.41, 5.74) is 3.47. The van der Waals surface area contributed by atoms with Gasteiger partial charge in [-0.3, -0.25) is 0 Å². The molecule has 0 aliphatic carbocycles. The van der Waals surface area contributed by atoms with Gasteiger partial charge in [0.2, 0.25) is 0 Å². The van der Waals surface area contributed by atoms with Crippen LogP contribution in [-0.2, 0) is 6.42 Å². The lowest BCUT2D eigenvalue weighted by Gasteiger charge is -2.06. The van der Waals surface area contributed by atoms with E-state index in [1.807, 2.05) is 24.3 Å². The maximum Gasteiger partial charge on any atom is 0.139 e. The van der Waals surface area contributed by atoms with Crippen LogP contribution in [0, 0.1) is 0 Å². The maximum absolute atomic E-state index is 9.20. The van der Waals surface area contributed by atoms with Crippen LogP contribution in [0.5, 0.6) is 5.75 Å². The van der Waals surface area contributed by atoms with Gasteiger partial charge in [0, 0.05) is 5.02 Å². The van der Waals surface area contributed by atoms with Gasteiger partial charge in [-0.1, -0.05) is 41.3 Å². The van der Waals surface area contributed by atoms with Crippen LogP contribution in [-0.4, -0.2) is 13.0 Å². The van der Waals surface area contributed by atoms with Gasteiger partial charge in [-0.15, -0.1) is 0 Å². The van der Waals surface area contributed by atoms with E-state index < -0.39 is 0 Å². The summed E-state index contributed by atoms with van der Waals surface area (Å²) in [7, 11) is 2.05. The van der Waals surface area contributed by atoms with Gasteiger partial charge in [-0.05, 0) is 35.7 Å². The van der Waals surface area contributed by atoms with Gasteiger partial charge in [-0.25, -0.2) is 0 Å². The molecule has 1 nitrogen and oxygen atoms in total. The largest absolute Gasteiger partial charge is 0.508 e. The summed E-state index contributed by atoms with van der Waals surface area (Å²) in [5.74, 6) is 0.291. The van der Waals surface area contributed by atoms with Crippen molar-refractivity contribution in [3.63, 3.8) is 0 Å². The predicted molar refractivity (Wildman–Crippen MR) is 70.5 cm³/mol. The maximum atomic E-state index is 9.20. The van der Waals surface area contributed by atoms with Gasteiger partial charge < -0.3 is 5.11 Å². The monoisotopic (exact) mass is 230 g/mol. The van der Waals surface area contributed by atoms with Crippen molar-refractivity contribution in [3.8, 4) is 5.75 Å². The lowest BCUT2D eigenvalue weighted by Crippen LogP contribution is -2.03. The first-order valence-corrected chi connectivity index (χ1v) is 5.56. The van der Waals surface area contributed by atoms with Crippen LogP contribution in [0.4, 0.5) is 0 Å². The van der Waals surface area contributed by atoms with Gasteiger partial charge in [0.25, 0.3) is 0 Å². The topological polar surface area (TPSA) is 20.2 Å². The average Bonchev–Trinajstić information content (AvgIpc) is 2.27. The standard InChI is InChI=1S/C13H12BClO/c14-11-3-6-13(15)10(8-11)7-9-1-4-12(16)5-2-9/h1-6,8,16H,7,14H2. The Morgan fingerprint density at radius 2 is 1.75 bits per heavy atom. The fraction of sp³-hybridized carbons (Fsp3) is 0.0769. The highest BCUT2D eigenvalue weighted by Crippen LogP contribution is 2.19. The van der Waals surface area contributed by atoms with E-state index in [1.54, 1.807) is 12.1 Å². The Balaban J connectivity index is 2.26. The molecule has 1 N–H and O–H groups in total. The van der Waals surface area contributed by atoms with E-state index in [-0.39, 0.29) is 0 Å². The lowest BCUT2D eigenvalue weighted by atomic mass is 9.92. The van der Waals surface area contributed by atoms with E-state index in [9.17, 15) is 5.11 Å². The molecule has 0 aliphatic rings. The van der Waals surface area contributed by atoms with Crippen molar-refractivity contribution in [2.75, 3.05) is 0 Å². The van der Waals surface area contributed by atoms with Crippen molar-refractivity contribution < 1.29 is 5.11 Å². The third-order valence-electron chi connectivity index (χ3n) is 2.53.